The van der Waals surface area contributed by atoms with Crippen molar-refractivity contribution in [3.63, 3.8) is 0 Å². The van der Waals surface area contributed by atoms with Crippen LogP contribution in [-0.2, 0) is 10.0 Å². The molecule has 0 spiro atoms. The van der Waals surface area contributed by atoms with E-state index in [9.17, 15) is 8.42 Å². The summed E-state index contributed by atoms with van der Waals surface area (Å²) < 4.78 is 27.1. The normalized spacial score (nSPS) is 18.6. The summed E-state index contributed by atoms with van der Waals surface area (Å²) in [6.45, 7) is 0.489. The van der Waals surface area contributed by atoms with E-state index in [-0.39, 0.29) is 10.3 Å². The minimum Gasteiger partial charge on any atom is -0.211 e. The molecule has 19 heavy (non-hydrogen) atoms. The molecule has 1 N–H and O–H groups in total. The van der Waals surface area contributed by atoms with Crippen molar-refractivity contribution >= 4 is 37.6 Å². The second kappa shape index (κ2) is 6.12. The molecule has 106 valence electrons. The van der Waals surface area contributed by atoms with E-state index in [1.54, 1.807) is 12.1 Å². The first-order valence-corrected chi connectivity index (χ1v) is 9.27. The third kappa shape index (κ3) is 3.72. The van der Waals surface area contributed by atoms with Crippen molar-refractivity contribution in [3.8, 4) is 0 Å². The van der Waals surface area contributed by atoms with Crippen LogP contribution in [0.2, 0.25) is 5.02 Å². The van der Waals surface area contributed by atoms with Gasteiger partial charge in [0.2, 0.25) is 10.0 Å². The Morgan fingerprint density at radius 1 is 1.21 bits per heavy atom. The molecule has 1 aromatic carbocycles. The number of rotatable bonds is 5. The van der Waals surface area contributed by atoms with Crippen molar-refractivity contribution in [3.05, 3.63) is 29.3 Å². The van der Waals surface area contributed by atoms with Crippen LogP contribution in [0, 0.1) is 5.41 Å². The molecule has 0 atom stereocenters. The van der Waals surface area contributed by atoms with Gasteiger partial charge in [0.25, 0.3) is 0 Å². The van der Waals surface area contributed by atoms with E-state index in [1.165, 1.54) is 25.0 Å². The summed E-state index contributed by atoms with van der Waals surface area (Å²) in [5, 5.41) is 1.37. The van der Waals surface area contributed by atoms with Gasteiger partial charge in [-0.15, -0.1) is 0 Å². The highest BCUT2D eigenvalue weighted by Crippen LogP contribution is 2.39. The molecular weight excluding hydrogens is 350 g/mol. The molecule has 2 rings (SSSR count). The average molecular weight is 367 g/mol. The van der Waals surface area contributed by atoms with E-state index >= 15 is 0 Å². The smallest absolute Gasteiger partial charge is 0.211 e. The Kier molecular flexibility index (Phi) is 4.93. The van der Waals surface area contributed by atoms with Crippen LogP contribution in [0.15, 0.2) is 29.2 Å². The molecule has 1 aliphatic carbocycles. The summed E-state index contributed by atoms with van der Waals surface area (Å²) in [4.78, 5) is 0.264. The van der Waals surface area contributed by atoms with Gasteiger partial charge in [-0.3, -0.25) is 0 Å². The van der Waals surface area contributed by atoms with E-state index in [4.69, 9.17) is 11.6 Å². The van der Waals surface area contributed by atoms with Crippen LogP contribution < -0.4 is 4.72 Å². The Morgan fingerprint density at radius 3 is 2.32 bits per heavy atom. The lowest BCUT2D eigenvalue weighted by atomic mass is 9.89. The zero-order valence-electron chi connectivity index (χ0n) is 10.5. The van der Waals surface area contributed by atoms with Crippen LogP contribution in [0.5, 0.6) is 0 Å². The zero-order valence-corrected chi connectivity index (χ0v) is 13.7. The molecule has 0 saturated heterocycles. The molecule has 0 aliphatic heterocycles. The Bertz CT molecular complexity index is 524. The summed E-state index contributed by atoms with van der Waals surface area (Å²) in [6, 6.07) is 6.23. The van der Waals surface area contributed by atoms with Gasteiger partial charge in [-0.1, -0.05) is 40.4 Å². The molecule has 0 amide bonds. The van der Waals surface area contributed by atoms with Crippen LogP contribution >= 0.6 is 27.5 Å². The topological polar surface area (TPSA) is 46.2 Å². The maximum absolute atomic E-state index is 12.2. The molecule has 1 aliphatic rings. The van der Waals surface area contributed by atoms with Gasteiger partial charge in [0.1, 0.15) is 0 Å². The van der Waals surface area contributed by atoms with Crippen LogP contribution in [0.1, 0.15) is 25.7 Å². The van der Waals surface area contributed by atoms with Gasteiger partial charge in [-0.25, -0.2) is 13.1 Å². The first kappa shape index (κ1) is 15.3. The second-order valence-electron chi connectivity index (χ2n) is 5.12. The summed E-state index contributed by atoms with van der Waals surface area (Å²) in [6.07, 6.45) is 4.49. The predicted molar refractivity (Wildman–Crippen MR) is 81.3 cm³/mol. The van der Waals surface area contributed by atoms with Crippen molar-refractivity contribution in [2.24, 2.45) is 5.41 Å². The van der Waals surface area contributed by atoms with E-state index in [1.807, 2.05) is 0 Å². The Balaban J connectivity index is 2.07. The Labute approximate surface area is 127 Å². The van der Waals surface area contributed by atoms with Crippen LogP contribution in [0.3, 0.4) is 0 Å². The number of alkyl halides is 1. The first-order valence-electron chi connectivity index (χ1n) is 6.29. The molecule has 6 heteroatoms. The van der Waals surface area contributed by atoms with Gasteiger partial charge < -0.3 is 0 Å². The monoisotopic (exact) mass is 365 g/mol. The van der Waals surface area contributed by atoms with Crippen LogP contribution in [0.4, 0.5) is 0 Å². The third-order valence-corrected chi connectivity index (χ3v) is 6.57. The Morgan fingerprint density at radius 2 is 1.79 bits per heavy atom. The van der Waals surface area contributed by atoms with Crippen molar-refractivity contribution in [1.82, 2.24) is 4.72 Å². The summed E-state index contributed by atoms with van der Waals surface area (Å²) >= 11 is 9.28. The second-order valence-corrected chi connectivity index (χ2v) is 7.88. The lowest BCUT2D eigenvalue weighted by molar-refractivity contribution is 0.347. The number of hydrogen-bond acceptors (Lipinski definition) is 2. The summed E-state index contributed by atoms with van der Waals surface area (Å²) in [5.41, 5.74) is 0.0689. The third-order valence-electron chi connectivity index (χ3n) is 3.71. The average Bonchev–Trinajstić information content (AvgIpc) is 2.87. The summed E-state index contributed by atoms with van der Waals surface area (Å²) in [7, 11) is -3.44. The van der Waals surface area contributed by atoms with Gasteiger partial charge in [0, 0.05) is 16.9 Å². The van der Waals surface area contributed by atoms with Gasteiger partial charge in [0.15, 0.2) is 0 Å². The minimum atomic E-state index is -3.44. The molecule has 0 heterocycles. The predicted octanol–water partition coefficient (Wildman–Crippen LogP) is 3.57. The quantitative estimate of drug-likeness (QED) is 0.810. The van der Waals surface area contributed by atoms with Crippen molar-refractivity contribution in [2.75, 3.05) is 11.9 Å². The lowest BCUT2D eigenvalue weighted by Gasteiger charge is -2.26. The number of sulfonamides is 1. The largest absolute Gasteiger partial charge is 0.240 e. The van der Waals surface area contributed by atoms with Gasteiger partial charge in [-0.2, -0.15) is 0 Å². The molecule has 0 radical (unpaired) electrons. The highest BCUT2D eigenvalue weighted by Gasteiger charge is 2.34. The molecule has 1 saturated carbocycles. The molecule has 1 aromatic rings. The van der Waals surface area contributed by atoms with Crippen LogP contribution in [0.25, 0.3) is 0 Å². The Hall–Kier alpha value is -0.100. The standard InChI is InChI=1S/C13H17BrClNO2S/c14-9-13(7-1-2-8-13)10-16-19(17,18)12-5-3-11(15)4-6-12/h3-6,16H,1-2,7-10H2. The highest BCUT2D eigenvalue weighted by atomic mass is 79.9. The molecular formula is C13H17BrClNO2S. The van der Waals surface area contributed by atoms with Crippen LogP contribution in [-0.4, -0.2) is 20.3 Å². The molecule has 0 aromatic heterocycles. The fourth-order valence-electron chi connectivity index (χ4n) is 2.43. The lowest BCUT2D eigenvalue weighted by Crippen LogP contribution is -2.37. The first-order chi connectivity index (χ1) is 8.97. The number of benzene rings is 1. The van der Waals surface area contributed by atoms with E-state index in [2.05, 4.69) is 20.7 Å². The molecule has 0 unspecified atom stereocenters. The minimum absolute atomic E-state index is 0.0689. The van der Waals surface area contributed by atoms with Gasteiger partial charge in [0.05, 0.1) is 4.90 Å². The number of halogens is 2. The van der Waals surface area contributed by atoms with Gasteiger partial charge in [-0.05, 0) is 42.5 Å². The van der Waals surface area contributed by atoms with Crippen molar-refractivity contribution in [1.29, 1.82) is 0 Å². The maximum Gasteiger partial charge on any atom is 0.240 e. The SMILES string of the molecule is O=S(=O)(NCC1(CBr)CCCC1)c1ccc(Cl)cc1. The zero-order chi connectivity index (χ0) is 13.9. The summed E-state index contributed by atoms with van der Waals surface area (Å²) in [5.74, 6) is 0. The molecule has 0 bridgehead atoms. The number of nitrogens with one attached hydrogen (secondary N) is 1. The highest BCUT2D eigenvalue weighted by molar-refractivity contribution is 9.09. The van der Waals surface area contributed by atoms with Crippen molar-refractivity contribution in [2.45, 2.75) is 30.6 Å². The van der Waals surface area contributed by atoms with Gasteiger partial charge >= 0.3 is 0 Å². The van der Waals surface area contributed by atoms with E-state index < -0.39 is 10.0 Å². The fourth-order valence-corrected chi connectivity index (χ4v) is 4.47. The molecule has 1 fully saturated rings. The van der Waals surface area contributed by atoms with E-state index in [0.717, 1.165) is 18.2 Å². The van der Waals surface area contributed by atoms with E-state index in [0.29, 0.717) is 11.6 Å². The van der Waals surface area contributed by atoms with Crippen molar-refractivity contribution < 1.29 is 8.42 Å². The number of hydrogen-bond donors (Lipinski definition) is 1. The maximum atomic E-state index is 12.2. The fraction of sp³-hybridized carbons (Fsp3) is 0.538. The molecule has 3 nitrogen and oxygen atoms in total.